The predicted octanol–water partition coefficient (Wildman–Crippen LogP) is 1.26. The molecule has 1 aliphatic rings. The summed E-state index contributed by atoms with van der Waals surface area (Å²) in [5, 5.41) is 2.67. The first-order valence-electron chi connectivity index (χ1n) is 5.98. The van der Waals surface area contributed by atoms with Gasteiger partial charge in [0.15, 0.2) is 0 Å². The number of rotatable bonds is 5. The molecule has 1 aromatic rings. The lowest BCUT2D eigenvalue weighted by atomic mass is 10.2. The summed E-state index contributed by atoms with van der Waals surface area (Å²) in [5.41, 5.74) is 1.32. The van der Waals surface area contributed by atoms with Crippen molar-refractivity contribution in [1.82, 2.24) is 4.72 Å². The van der Waals surface area contributed by atoms with Crippen LogP contribution in [0.5, 0.6) is 0 Å². The molecule has 0 fully saturated rings. The molecule has 0 saturated carbocycles. The molecular formula is C12H15BrN2O4S. The molecule has 6 nitrogen and oxygen atoms in total. The van der Waals surface area contributed by atoms with E-state index < -0.39 is 10.0 Å². The maximum atomic E-state index is 12.3. The number of carbonyl (C=O) groups excluding carboxylic acids is 1. The van der Waals surface area contributed by atoms with Gasteiger partial charge in [0.05, 0.1) is 17.4 Å². The van der Waals surface area contributed by atoms with Gasteiger partial charge >= 0.3 is 0 Å². The van der Waals surface area contributed by atoms with E-state index in [1.807, 2.05) is 0 Å². The standard InChI is InChI=1S/C12H15BrN2O4S/c1-7(19-2)6-14-20(17,18)11-3-8-4-12(16)15-10(8)5-9(11)13/h3,5,7,14H,4,6H2,1-2H3,(H,15,16). The first-order valence-corrected chi connectivity index (χ1v) is 8.26. The lowest BCUT2D eigenvalue weighted by Crippen LogP contribution is -2.31. The van der Waals surface area contributed by atoms with Crippen molar-refractivity contribution in [1.29, 1.82) is 0 Å². The normalized spacial score (nSPS) is 15.8. The first-order chi connectivity index (χ1) is 9.33. The number of hydrogen-bond donors (Lipinski definition) is 2. The Morgan fingerprint density at radius 1 is 1.50 bits per heavy atom. The van der Waals surface area contributed by atoms with Crippen LogP contribution < -0.4 is 10.0 Å². The molecule has 8 heteroatoms. The van der Waals surface area contributed by atoms with Crippen LogP contribution in [0.4, 0.5) is 5.69 Å². The van der Waals surface area contributed by atoms with Crippen LogP contribution in [-0.2, 0) is 26.0 Å². The van der Waals surface area contributed by atoms with E-state index >= 15 is 0 Å². The Bertz CT molecular complexity index is 645. The van der Waals surface area contributed by atoms with Crippen molar-refractivity contribution in [2.75, 3.05) is 19.0 Å². The third kappa shape index (κ3) is 3.20. The lowest BCUT2D eigenvalue weighted by Gasteiger charge is -2.13. The van der Waals surface area contributed by atoms with E-state index in [-0.39, 0.29) is 29.9 Å². The summed E-state index contributed by atoms with van der Waals surface area (Å²) in [4.78, 5) is 11.4. The predicted molar refractivity (Wildman–Crippen MR) is 78.1 cm³/mol. The highest BCUT2D eigenvalue weighted by molar-refractivity contribution is 9.10. The van der Waals surface area contributed by atoms with Gasteiger partial charge in [-0.25, -0.2) is 13.1 Å². The topological polar surface area (TPSA) is 84.5 Å². The van der Waals surface area contributed by atoms with Crippen LogP contribution in [0.25, 0.3) is 0 Å². The second-order valence-electron chi connectivity index (χ2n) is 4.56. The van der Waals surface area contributed by atoms with E-state index in [1.165, 1.54) is 13.2 Å². The fraction of sp³-hybridized carbons (Fsp3) is 0.417. The van der Waals surface area contributed by atoms with Gasteiger partial charge in [0.2, 0.25) is 15.9 Å². The third-order valence-corrected chi connectivity index (χ3v) is 5.42. The van der Waals surface area contributed by atoms with Crippen LogP contribution in [-0.4, -0.2) is 34.1 Å². The maximum absolute atomic E-state index is 12.3. The summed E-state index contributed by atoms with van der Waals surface area (Å²) in [5.74, 6) is -0.137. The molecule has 110 valence electrons. The van der Waals surface area contributed by atoms with Gasteiger partial charge in [0.25, 0.3) is 0 Å². The van der Waals surface area contributed by atoms with E-state index in [0.717, 1.165) is 0 Å². The summed E-state index contributed by atoms with van der Waals surface area (Å²) in [6, 6.07) is 3.12. The molecule has 0 aromatic heterocycles. The Balaban J connectivity index is 2.29. The highest BCUT2D eigenvalue weighted by Crippen LogP contribution is 2.32. The van der Waals surface area contributed by atoms with Gasteiger partial charge in [0.1, 0.15) is 0 Å². The summed E-state index contributed by atoms with van der Waals surface area (Å²) >= 11 is 3.23. The van der Waals surface area contributed by atoms with Crippen molar-refractivity contribution in [3.63, 3.8) is 0 Å². The fourth-order valence-corrected chi connectivity index (χ4v) is 4.02. The quantitative estimate of drug-likeness (QED) is 0.825. The molecule has 1 aliphatic heterocycles. The minimum atomic E-state index is -3.65. The van der Waals surface area contributed by atoms with Crippen LogP contribution in [0.1, 0.15) is 12.5 Å². The van der Waals surface area contributed by atoms with Crippen molar-refractivity contribution < 1.29 is 17.9 Å². The minimum Gasteiger partial charge on any atom is -0.380 e. The Morgan fingerprint density at radius 2 is 2.20 bits per heavy atom. The Labute approximate surface area is 126 Å². The van der Waals surface area contributed by atoms with E-state index in [0.29, 0.717) is 15.7 Å². The van der Waals surface area contributed by atoms with Gasteiger partial charge in [-0.05, 0) is 40.5 Å². The van der Waals surface area contributed by atoms with Crippen molar-refractivity contribution in [3.8, 4) is 0 Å². The molecule has 1 aromatic carbocycles. The second kappa shape index (κ2) is 5.80. The average molecular weight is 363 g/mol. The minimum absolute atomic E-state index is 0.121. The number of amides is 1. The molecule has 1 unspecified atom stereocenters. The molecule has 1 atom stereocenters. The van der Waals surface area contributed by atoms with Crippen LogP contribution >= 0.6 is 15.9 Å². The number of sulfonamides is 1. The molecule has 1 amide bonds. The zero-order valence-corrected chi connectivity index (χ0v) is 13.5. The summed E-state index contributed by atoms with van der Waals surface area (Å²) in [7, 11) is -2.14. The number of anilines is 1. The van der Waals surface area contributed by atoms with Crippen LogP contribution in [0.2, 0.25) is 0 Å². The van der Waals surface area contributed by atoms with Crippen molar-refractivity contribution in [3.05, 3.63) is 22.2 Å². The molecule has 1 heterocycles. The number of fused-ring (bicyclic) bond motifs is 1. The van der Waals surface area contributed by atoms with Crippen molar-refractivity contribution in [2.24, 2.45) is 0 Å². The molecule has 2 rings (SSSR count). The molecule has 0 saturated heterocycles. The largest absolute Gasteiger partial charge is 0.380 e. The highest BCUT2D eigenvalue weighted by Gasteiger charge is 2.25. The van der Waals surface area contributed by atoms with E-state index in [1.54, 1.807) is 13.0 Å². The number of carbonyl (C=O) groups is 1. The number of benzene rings is 1. The van der Waals surface area contributed by atoms with Gasteiger partial charge in [-0.3, -0.25) is 4.79 Å². The number of hydrogen-bond acceptors (Lipinski definition) is 4. The molecule has 20 heavy (non-hydrogen) atoms. The molecule has 0 aliphatic carbocycles. The molecule has 0 spiro atoms. The highest BCUT2D eigenvalue weighted by atomic mass is 79.9. The summed E-state index contributed by atoms with van der Waals surface area (Å²) < 4.78 is 32.4. The maximum Gasteiger partial charge on any atom is 0.241 e. The van der Waals surface area contributed by atoms with Crippen LogP contribution in [0, 0.1) is 0 Å². The van der Waals surface area contributed by atoms with Gasteiger partial charge in [-0.1, -0.05) is 0 Å². The zero-order chi connectivity index (χ0) is 14.9. The molecule has 0 radical (unpaired) electrons. The lowest BCUT2D eigenvalue weighted by molar-refractivity contribution is -0.115. The van der Waals surface area contributed by atoms with Crippen molar-refractivity contribution >= 4 is 37.5 Å². The van der Waals surface area contributed by atoms with Crippen LogP contribution in [0.15, 0.2) is 21.5 Å². The van der Waals surface area contributed by atoms with Crippen LogP contribution in [0.3, 0.4) is 0 Å². The molecular weight excluding hydrogens is 348 g/mol. The van der Waals surface area contributed by atoms with Gasteiger partial charge in [-0.2, -0.15) is 0 Å². The Morgan fingerprint density at radius 3 is 2.85 bits per heavy atom. The van der Waals surface area contributed by atoms with E-state index in [4.69, 9.17) is 4.74 Å². The third-order valence-electron chi connectivity index (χ3n) is 3.04. The number of ether oxygens (including phenoxy) is 1. The van der Waals surface area contributed by atoms with E-state index in [2.05, 4.69) is 26.0 Å². The first kappa shape index (κ1) is 15.4. The number of halogens is 1. The zero-order valence-electron chi connectivity index (χ0n) is 11.1. The SMILES string of the molecule is COC(C)CNS(=O)(=O)c1cc2c(cc1Br)NC(=O)C2. The summed E-state index contributed by atoms with van der Waals surface area (Å²) in [6.45, 7) is 1.95. The average Bonchev–Trinajstić information content (AvgIpc) is 2.74. The summed E-state index contributed by atoms with van der Waals surface area (Å²) in [6.07, 6.45) is -0.0270. The molecule has 2 N–H and O–H groups in total. The van der Waals surface area contributed by atoms with Gasteiger partial charge < -0.3 is 10.1 Å². The van der Waals surface area contributed by atoms with Gasteiger partial charge in [-0.15, -0.1) is 0 Å². The van der Waals surface area contributed by atoms with Gasteiger partial charge in [0, 0.05) is 23.8 Å². The Kier molecular flexibility index (Phi) is 4.48. The number of methoxy groups -OCH3 is 1. The number of nitrogens with one attached hydrogen (secondary N) is 2. The Hall–Kier alpha value is -0.960. The van der Waals surface area contributed by atoms with E-state index in [9.17, 15) is 13.2 Å². The smallest absolute Gasteiger partial charge is 0.241 e. The fourth-order valence-electron chi connectivity index (χ4n) is 1.82. The van der Waals surface area contributed by atoms with Crippen molar-refractivity contribution in [2.45, 2.75) is 24.3 Å². The monoisotopic (exact) mass is 362 g/mol. The second-order valence-corrected chi connectivity index (χ2v) is 7.15. The molecule has 0 bridgehead atoms.